The summed E-state index contributed by atoms with van der Waals surface area (Å²) in [5.41, 5.74) is 0. The van der Waals surface area contributed by atoms with Crippen molar-refractivity contribution in [2.24, 2.45) is 0 Å². The maximum Gasteiger partial charge on any atom is 0.472 e. The molecule has 0 heterocycles. The summed E-state index contributed by atoms with van der Waals surface area (Å²) >= 11 is 0. The van der Waals surface area contributed by atoms with Crippen LogP contribution in [0.5, 0.6) is 0 Å². The molecule has 0 bridgehead atoms. The second kappa shape index (κ2) is 37.5. The van der Waals surface area contributed by atoms with Crippen LogP contribution in [0.1, 0.15) is 194 Å². The molecule has 0 aliphatic heterocycles. The fraction of sp³-hybridized carbons (Fsp3) is 0.886. The number of quaternary nitrogens is 1. The minimum Gasteiger partial charge on any atom is -0.463 e. The van der Waals surface area contributed by atoms with Crippen molar-refractivity contribution in [3.63, 3.8) is 0 Å². The molecule has 2 unspecified atom stereocenters. The van der Waals surface area contributed by atoms with Crippen LogP contribution in [-0.4, -0.2) is 80.4 Å². The molecule has 2 N–H and O–H groups in total. The van der Waals surface area contributed by atoms with Crippen molar-refractivity contribution in [1.29, 1.82) is 0 Å². The van der Waals surface area contributed by atoms with Gasteiger partial charge in [-0.15, -0.1) is 0 Å². The molecule has 0 aromatic carbocycles. The SMILES string of the molecule is CCCCCCCC/C=C\CCCCCCCC(=O)OC[C@H](COP(=O)(O)OCC[N+](C)(C)C)OC(O)CCCCCCC/C=C\CCCCCCCC. The Hall–Kier alpha value is -1.06. The molecule has 0 rings (SSSR count). The third kappa shape index (κ3) is 40.6. The topological polar surface area (TPSA) is 112 Å². The first-order valence-electron chi connectivity index (χ1n) is 22.2. The molecule has 0 aromatic heterocycles. The van der Waals surface area contributed by atoms with Gasteiger partial charge in [0.1, 0.15) is 25.9 Å². The number of phosphoric acid groups is 1. The van der Waals surface area contributed by atoms with Gasteiger partial charge in [-0.3, -0.25) is 13.8 Å². The summed E-state index contributed by atoms with van der Waals surface area (Å²) in [5, 5.41) is 10.6. The molecule has 0 saturated heterocycles. The fourth-order valence-electron chi connectivity index (χ4n) is 6.05. The van der Waals surface area contributed by atoms with E-state index in [-0.39, 0.29) is 25.8 Å². The number of unbranched alkanes of at least 4 members (excludes halogenated alkanes) is 22. The van der Waals surface area contributed by atoms with Crippen LogP contribution in [-0.2, 0) is 27.9 Å². The van der Waals surface area contributed by atoms with Crippen molar-refractivity contribution < 1.29 is 42.4 Å². The summed E-state index contributed by atoms with van der Waals surface area (Å²) in [4.78, 5) is 22.7. The Morgan fingerprint density at radius 3 is 1.50 bits per heavy atom. The third-order valence-corrected chi connectivity index (χ3v) is 10.6. The van der Waals surface area contributed by atoms with E-state index in [2.05, 4.69) is 38.2 Å². The number of carbonyl (C=O) groups excluding carboxylic acids is 1. The number of aliphatic hydroxyl groups excluding tert-OH is 1. The van der Waals surface area contributed by atoms with Crippen LogP contribution in [0.2, 0.25) is 0 Å². The molecule has 0 aromatic rings. The maximum atomic E-state index is 12.5. The van der Waals surface area contributed by atoms with Gasteiger partial charge in [-0.05, 0) is 70.6 Å². The van der Waals surface area contributed by atoms with E-state index in [0.29, 0.717) is 23.9 Å². The minimum atomic E-state index is -4.34. The summed E-state index contributed by atoms with van der Waals surface area (Å²) in [6.07, 6.45) is 39.0. The number of likely N-dealkylation sites (N-methyl/N-ethyl adjacent to an activating group) is 1. The van der Waals surface area contributed by atoms with E-state index in [4.69, 9.17) is 18.5 Å². The van der Waals surface area contributed by atoms with Crippen molar-refractivity contribution in [2.45, 2.75) is 206 Å². The summed E-state index contributed by atoms with van der Waals surface area (Å²) < 4.78 is 34.6. The quantitative estimate of drug-likeness (QED) is 0.0157. The first-order valence-corrected chi connectivity index (χ1v) is 23.7. The summed E-state index contributed by atoms with van der Waals surface area (Å²) in [5.74, 6) is -0.348. The number of ether oxygens (including phenoxy) is 2. The maximum absolute atomic E-state index is 12.5. The monoisotopic (exact) mass is 789 g/mol. The van der Waals surface area contributed by atoms with Gasteiger partial charge in [0, 0.05) is 6.42 Å². The van der Waals surface area contributed by atoms with Crippen molar-refractivity contribution in [3.05, 3.63) is 24.3 Å². The largest absolute Gasteiger partial charge is 0.472 e. The van der Waals surface area contributed by atoms with E-state index >= 15 is 0 Å². The number of esters is 1. The van der Waals surface area contributed by atoms with Gasteiger partial charge < -0.3 is 24.0 Å². The Morgan fingerprint density at radius 2 is 1.04 bits per heavy atom. The van der Waals surface area contributed by atoms with Gasteiger partial charge in [-0.2, -0.15) is 0 Å². The summed E-state index contributed by atoms with van der Waals surface area (Å²) in [7, 11) is 1.53. The highest BCUT2D eigenvalue weighted by Crippen LogP contribution is 2.43. The number of aliphatic hydroxyl groups is 1. The Labute approximate surface area is 333 Å². The number of carbonyl (C=O) groups is 1. The van der Waals surface area contributed by atoms with Gasteiger partial charge in [0.2, 0.25) is 0 Å². The lowest BCUT2D eigenvalue weighted by Gasteiger charge is -2.25. The summed E-state index contributed by atoms with van der Waals surface area (Å²) in [6, 6.07) is 0. The zero-order valence-corrected chi connectivity index (χ0v) is 36.7. The molecule has 0 fully saturated rings. The van der Waals surface area contributed by atoms with Gasteiger partial charge in [-0.1, -0.05) is 141 Å². The predicted octanol–water partition coefficient (Wildman–Crippen LogP) is 12.1. The van der Waals surface area contributed by atoms with E-state index < -0.39 is 20.2 Å². The van der Waals surface area contributed by atoms with Gasteiger partial charge in [0.15, 0.2) is 6.29 Å². The van der Waals surface area contributed by atoms with E-state index in [1.165, 1.54) is 103 Å². The highest BCUT2D eigenvalue weighted by Gasteiger charge is 2.26. The zero-order chi connectivity index (χ0) is 40.0. The highest BCUT2D eigenvalue weighted by atomic mass is 31.2. The third-order valence-electron chi connectivity index (χ3n) is 9.58. The lowest BCUT2D eigenvalue weighted by atomic mass is 10.1. The standard InChI is InChI=1S/C44H86NO8P/c1-6-8-10-12-14-16-18-20-22-24-26-28-30-32-34-36-43(46)50-40-42(41-52-54(48,49)51-39-38-45(3,4)5)53-44(47)37-35-33-31-29-27-25-23-21-19-17-15-13-11-9-7-2/h20-23,42,44,47H,6-19,24-41H2,1-5H3/p+1/b22-20-,23-21-/t42-,44?/m1/s1. The number of rotatable bonds is 41. The van der Waals surface area contributed by atoms with Crippen LogP contribution in [0.3, 0.4) is 0 Å². The molecule has 10 heteroatoms. The van der Waals surface area contributed by atoms with E-state index in [1.807, 2.05) is 21.1 Å². The lowest BCUT2D eigenvalue weighted by molar-refractivity contribution is -0.870. The first kappa shape index (κ1) is 52.9. The van der Waals surface area contributed by atoms with Gasteiger partial charge in [-0.25, -0.2) is 4.57 Å². The average molecular weight is 789 g/mol. The molecule has 0 amide bonds. The van der Waals surface area contributed by atoms with Crippen LogP contribution in [0, 0.1) is 0 Å². The molecule has 0 aliphatic rings. The van der Waals surface area contributed by atoms with Crippen LogP contribution in [0.15, 0.2) is 24.3 Å². The molecular formula is C44H87NO8P+. The highest BCUT2D eigenvalue weighted by molar-refractivity contribution is 7.47. The first-order chi connectivity index (χ1) is 26.0. The summed E-state index contributed by atoms with van der Waals surface area (Å²) in [6.45, 7) is 4.56. The van der Waals surface area contributed by atoms with E-state index in [0.717, 1.165) is 64.2 Å². The van der Waals surface area contributed by atoms with Crippen molar-refractivity contribution in [1.82, 2.24) is 0 Å². The second-order valence-corrected chi connectivity index (χ2v) is 17.7. The number of hydrogen-bond acceptors (Lipinski definition) is 7. The van der Waals surface area contributed by atoms with Gasteiger partial charge in [0.05, 0.1) is 27.7 Å². The fourth-order valence-corrected chi connectivity index (χ4v) is 6.79. The Balaban J connectivity index is 4.37. The lowest BCUT2D eigenvalue weighted by Crippen LogP contribution is -2.37. The number of hydrogen-bond donors (Lipinski definition) is 2. The predicted molar refractivity (Wildman–Crippen MR) is 225 cm³/mol. The van der Waals surface area contributed by atoms with Crippen LogP contribution < -0.4 is 0 Å². The molecule has 320 valence electrons. The van der Waals surface area contributed by atoms with Gasteiger partial charge >= 0.3 is 13.8 Å². The number of phosphoric ester groups is 1. The minimum absolute atomic E-state index is 0.0475. The molecule has 0 saturated carbocycles. The molecule has 54 heavy (non-hydrogen) atoms. The van der Waals surface area contributed by atoms with Crippen molar-refractivity contribution in [2.75, 3.05) is 47.5 Å². The molecule has 0 radical (unpaired) electrons. The van der Waals surface area contributed by atoms with E-state index in [1.54, 1.807) is 0 Å². The molecule has 0 spiro atoms. The normalized spacial score (nSPS) is 14.6. The average Bonchev–Trinajstić information content (AvgIpc) is 3.12. The Morgan fingerprint density at radius 1 is 0.611 bits per heavy atom. The zero-order valence-electron chi connectivity index (χ0n) is 35.8. The van der Waals surface area contributed by atoms with Crippen LogP contribution in [0.25, 0.3) is 0 Å². The van der Waals surface area contributed by atoms with Crippen LogP contribution >= 0.6 is 7.82 Å². The van der Waals surface area contributed by atoms with Gasteiger partial charge in [0.25, 0.3) is 0 Å². The Kier molecular flexibility index (Phi) is 36.8. The molecular weight excluding hydrogens is 701 g/mol. The molecule has 9 nitrogen and oxygen atoms in total. The second-order valence-electron chi connectivity index (χ2n) is 16.2. The van der Waals surface area contributed by atoms with Crippen LogP contribution in [0.4, 0.5) is 0 Å². The Bertz CT molecular complexity index is 938. The smallest absolute Gasteiger partial charge is 0.463 e. The number of allylic oxidation sites excluding steroid dienone is 4. The van der Waals surface area contributed by atoms with Crippen molar-refractivity contribution in [3.8, 4) is 0 Å². The molecule has 0 aliphatic carbocycles. The van der Waals surface area contributed by atoms with Crippen molar-refractivity contribution >= 4 is 13.8 Å². The number of nitrogens with zero attached hydrogens (tertiary/aromatic N) is 1. The molecule has 3 atom stereocenters. The van der Waals surface area contributed by atoms with E-state index in [9.17, 15) is 19.4 Å².